The average Bonchev–Trinajstić information content (AvgIpc) is 3.21. The third-order valence-corrected chi connectivity index (χ3v) is 4.76. The van der Waals surface area contributed by atoms with Crippen LogP contribution in [-0.2, 0) is 26.8 Å². The highest BCUT2D eigenvalue weighted by molar-refractivity contribution is 5.88. The van der Waals surface area contributed by atoms with Crippen molar-refractivity contribution in [1.82, 2.24) is 29.3 Å². The summed E-state index contributed by atoms with van der Waals surface area (Å²) in [6.45, 7) is 2.44. The van der Waals surface area contributed by atoms with Crippen LogP contribution in [0.5, 0.6) is 0 Å². The van der Waals surface area contributed by atoms with Crippen LogP contribution in [0.3, 0.4) is 0 Å². The molecule has 0 saturated heterocycles. The Bertz CT molecular complexity index is 1170. The van der Waals surface area contributed by atoms with Crippen LogP contribution >= 0.6 is 0 Å². The van der Waals surface area contributed by atoms with Crippen molar-refractivity contribution in [3.8, 4) is 11.4 Å². The molecule has 0 atom stereocenters. The number of hydrogen-bond donors (Lipinski definition) is 1. The molecular weight excluding hydrogens is 383 g/mol. The minimum atomic E-state index is -4.47. The van der Waals surface area contributed by atoms with Gasteiger partial charge in [-0.25, -0.2) is 15.0 Å². The lowest BCUT2D eigenvalue weighted by molar-refractivity contribution is -0.140. The maximum atomic E-state index is 12.9. The van der Waals surface area contributed by atoms with Gasteiger partial charge in [0.2, 0.25) is 0 Å². The van der Waals surface area contributed by atoms with Gasteiger partial charge in [-0.1, -0.05) is 24.3 Å². The number of aryl methyl sites for hydroxylation is 3. The standard InChI is InChI=1S/C19H18F3N7/c1-11-15-16(24-10-25-17(15)27-29(11)3)23-8-12-4-6-13(7-5-12)18-26-14(9-28(18)2)19(20,21)22/h4-7,9-10H,8H2,1-3H3,(H,23,24,25,27). The second-order valence-electron chi connectivity index (χ2n) is 6.74. The molecule has 3 aromatic heterocycles. The predicted molar refractivity (Wildman–Crippen MR) is 102 cm³/mol. The van der Waals surface area contributed by atoms with Crippen molar-refractivity contribution in [3.63, 3.8) is 0 Å². The normalized spacial score (nSPS) is 11.9. The van der Waals surface area contributed by atoms with E-state index in [4.69, 9.17) is 0 Å². The number of fused-ring (bicyclic) bond motifs is 1. The molecule has 0 fully saturated rings. The summed E-state index contributed by atoms with van der Waals surface area (Å²) < 4.78 is 41.7. The van der Waals surface area contributed by atoms with Crippen molar-refractivity contribution in [2.45, 2.75) is 19.6 Å². The molecule has 1 N–H and O–H groups in total. The number of rotatable bonds is 4. The fraction of sp³-hybridized carbons (Fsp3) is 0.263. The first-order chi connectivity index (χ1) is 13.7. The SMILES string of the molecule is Cc1c2c(NCc3ccc(-c4nc(C(F)(F)F)cn4C)cc3)ncnc2nn1C. The Morgan fingerprint density at radius 3 is 2.45 bits per heavy atom. The van der Waals surface area contributed by atoms with Crippen LogP contribution in [0.4, 0.5) is 19.0 Å². The minimum absolute atomic E-state index is 0.264. The van der Waals surface area contributed by atoms with E-state index < -0.39 is 11.9 Å². The van der Waals surface area contributed by atoms with Crippen molar-refractivity contribution < 1.29 is 13.2 Å². The van der Waals surface area contributed by atoms with Gasteiger partial charge < -0.3 is 9.88 Å². The summed E-state index contributed by atoms with van der Waals surface area (Å²) in [5.41, 5.74) is 2.23. The van der Waals surface area contributed by atoms with E-state index in [1.54, 1.807) is 23.9 Å². The van der Waals surface area contributed by atoms with E-state index in [9.17, 15) is 13.2 Å². The molecule has 4 rings (SSSR count). The lowest BCUT2D eigenvalue weighted by Gasteiger charge is -2.08. The van der Waals surface area contributed by atoms with Crippen LogP contribution in [0.25, 0.3) is 22.4 Å². The highest BCUT2D eigenvalue weighted by Crippen LogP contribution is 2.30. The van der Waals surface area contributed by atoms with Crippen LogP contribution in [0.15, 0.2) is 36.8 Å². The van der Waals surface area contributed by atoms with E-state index in [0.29, 0.717) is 23.6 Å². The van der Waals surface area contributed by atoms with Crippen molar-refractivity contribution in [2.24, 2.45) is 14.1 Å². The van der Waals surface area contributed by atoms with E-state index in [1.807, 2.05) is 26.1 Å². The molecule has 0 radical (unpaired) electrons. The second kappa shape index (κ2) is 6.87. The molecule has 1 aromatic carbocycles. The highest BCUT2D eigenvalue weighted by Gasteiger charge is 2.34. The number of nitrogens with zero attached hydrogens (tertiary/aromatic N) is 6. The Morgan fingerprint density at radius 1 is 1.07 bits per heavy atom. The monoisotopic (exact) mass is 401 g/mol. The summed E-state index contributed by atoms with van der Waals surface area (Å²) in [7, 11) is 3.39. The number of imidazole rings is 1. The Kier molecular flexibility index (Phi) is 4.48. The van der Waals surface area contributed by atoms with Gasteiger partial charge in [0.05, 0.1) is 5.39 Å². The third-order valence-electron chi connectivity index (χ3n) is 4.76. The van der Waals surface area contributed by atoms with Gasteiger partial charge in [-0.05, 0) is 12.5 Å². The molecule has 7 nitrogen and oxygen atoms in total. The van der Waals surface area contributed by atoms with E-state index in [1.165, 1.54) is 10.9 Å². The molecule has 0 aliphatic heterocycles. The second-order valence-corrected chi connectivity index (χ2v) is 6.74. The van der Waals surface area contributed by atoms with Crippen LogP contribution < -0.4 is 5.32 Å². The lowest BCUT2D eigenvalue weighted by Crippen LogP contribution is -2.05. The summed E-state index contributed by atoms with van der Waals surface area (Å²) >= 11 is 0. The summed E-state index contributed by atoms with van der Waals surface area (Å²) in [5, 5.41) is 8.48. The molecule has 4 aromatic rings. The number of hydrogen-bond acceptors (Lipinski definition) is 5. The zero-order valence-corrected chi connectivity index (χ0v) is 16.0. The first kappa shape index (κ1) is 18.9. The van der Waals surface area contributed by atoms with Crippen molar-refractivity contribution in [1.29, 1.82) is 0 Å². The maximum Gasteiger partial charge on any atom is 0.434 e. The van der Waals surface area contributed by atoms with Gasteiger partial charge in [-0.3, -0.25) is 4.68 Å². The van der Waals surface area contributed by atoms with Crippen LogP contribution in [0.1, 0.15) is 17.0 Å². The number of alkyl halides is 3. The molecule has 3 heterocycles. The number of anilines is 1. The highest BCUT2D eigenvalue weighted by atomic mass is 19.4. The number of nitrogens with one attached hydrogen (secondary N) is 1. The van der Waals surface area contributed by atoms with Gasteiger partial charge >= 0.3 is 6.18 Å². The lowest BCUT2D eigenvalue weighted by atomic mass is 10.1. The van der Waals surface area contributed by atoms with E-state index in [0.717, 1.165) is 22.8 Å². The summed E-state index contributed by atoms with van der Waals surface area (Å²) in [5.74, 6) is 0.948. The van der Waals surface area contributed by atoms with Gasteiger partial charge in [0.15, 0.2) is 11.3 Å². The summed E-state index contributed by atoms with van der Waals surface area (Å²) in [4.78, 5) is 12.2. The number of halogens is 3. The Labute approximate surface area is 164 Å². The molecule has 0 amide bonds. The van der Waals surface area contributed by atoms with Crippen LogP contribution in [0.2, 0.25) is 0 Å². The number of benzene rings is 1. The zero-order chi connectivity index (χ0) is 20.8. The van der Waals surface area contributed by atoms with Crippen molar-refractivity contribution in [2.75, 3.05) is 5.32 Å². The van der Waals surface area contributed by atoms with Gasteiger partial charge in [0, 0.05) is 38.1 Å². The maximum absolute atomic E-state index is 12.9. The first-order valence-electron chi connectivity index (χ1n) is 8.82. The fourth-order valence-corrected chi connectivity index (χ4v) is 3.13. The summed E-state index contributed by atoms with van der Waals surface area (Å²) in [6, 6.07) is 7.20. The van der Waals surface area contributed by atoms with E-state index in [-0.39, 0.29) is 5.82 Å². The van der Waals surface area contributed by atoms with Gasteiger partial charge in [-0.2, -0.15) is 18.3 Å². The van der Waals surface area contributed by atoms with Gasteiger partial charge in [-0.15, -0.1) is 0 Å². The van der Waals surface area contributed by atoms with Crippen molar-refractivity contribution in [3.05, 3.63) is 53.7 Å². The van der Waals surface area contributed by atoms with Crippen LogP contribution in [0, 0.1) is 6.92 Å². The quantitative estimate of drug-likeness (QED) is 0.565. The smallest absolute Gasteiger partial charge is 0.365 e. The molecule has 0 saturated carbocycles. The molecule has 10 heteroatoms. The molecule has 0 unspecified atom stereocenters. The van der Waals surface area contributed by atoms with E-state index >= 15 is 0 Å². The minimum Gasteiger partial charge on any atom is -0.365 e. The average molecular weight is 401 g/mol. The molecular formula is C19H18F3N7. The molecule has 29 heavy (non-hydrogen) atoms. The topological polar surface area (TPSA) is 73.5 Å². The van der Waals surface area contributed by atoms with Gasteiger partial charge in [0.25, 0.3) is 0 Å². The van der Waals surface area contributed by atoms with E-state index in [2.05, 4.69) is 25.4 Å². The van der Waals surface area contributed by atoms with Crippen molar-refractivity contribution >= 4 is 16.9 Å². The number of aromatic nitrogens is 6. The largest absolute Gasteiger partial charge is 0.434 e. The van der Waals surface area contributed by atoms with Crippen LogP contribution in [-0.4, -0.2) is 29.3 Å². The first-order valence-corrected chi connectivity index (χ1v) is 8.82. The Morgan fingerprint density at radius 2 is 1.79 bits per heavy atom. The Hall–Kier alpha value is -3.43. The Balaban J connectivity index is 1.54. The molecule has 0 aliphatic rings. The van der Waals surface area contributed by atoms with Gasteiger partial charge in [0.1, 0.15) is 18.0 Å². The predicted octanol–water partition coefficient (Wildman–Crippen LogP) is 3.70. The summed E-state index contributed by atoms with van der Waals surface area (Å²) in [6.07, 6.45) is -2.02. The molecule has 0 bridgehead atoms. The molecule has 150 valence electrons. The third kappa shape index (κ3) is 3.53. The fourth-order valence-electron chi connectivity index (χ4n) is 3.13. The molecule has 0 spiro atoms. The zero-order valence-electron chi connectivity index (χ0n) is 16.0. The molecule has 0 aliphatic carbocycles.